The zero-order chi connectivity index (χ0) is 20.2. The van der Waals surface area contributed by atoms with Crippen LogP contribution in [0.3, 0.4) is 0 Å². The van der Waals surface area contributed by atoms with E-state index >= 15 is 0 Å². The van der Waals surface area contributed by atoms with Crippen molar-refractivity contribution in [3.63, 3.8) is 0 Å². The van der Waals surface area contributed by atoms with E-state index < -0.39 is 0 Å². The van der Waals surface area contributed by atoms with E-state index in [9.17, 15) is 4.79 Å². The van der Waals surface area contributed by atoms with Gasteiger partial charge in [0.25, 0.3) is 5.91 Å². The second kappa shape index (κ2) is 8.47. The van der Waals surface area contributed by atoms with E-state index in [2.05, 4.69) is 5.32 Å². The fourth-order valence-corrected chi connectivity index (χ4v) is 3.79. The van der Waals surface area contributed by atoms with Crippen LogP contribution in [-0.4, -0.2) is 18.0 Å². The molecule has 0 unspecified atom stereocenters. The third-order valence-corrected chi connectivity index (χ3v) is 5.51. The van der Waals surface area contributed by atoms with E-state index in [1.54, 1.807) is 42.7 Å². The molecule has 0 saturated carbocycles. The van der Waals surface area contributed by atoms with Crippen LogP contribution in [0.2, 0.25) is 5.02 Å². The Morgan fingerprint density at radius 2 is 1.76 bits per heavy atom. The Morgan fingerprint density at radius 3 is 2.48 bits per heavy atom. The van der Waals surface area contributed by atoms with E-state index in [0.29, 0.717) is 22.0 Å². The normalized spacial score (nSPS) is 10.6. The largest absolute Gasteiger partial charge is 0.497 e. The van der Waals surface area contributed by atoms with Crippen molar-refractivity contribution in [1.82, 2.24) is 4.98 Å². The van der Waals surface area contributed by atoms with Gasteiger partial charge in [-0.15, -0.1) is 11.3 Å². The lowest BCUT2D eigenvalue weighted by molar-refractivity contribution is 0.102. The highest BCUT2D eigenvalue weighted by Crippen LogP contribution is 2.30. The van der Waals surface area contributed by atoms with Gasteiger partial charge in [-0.25, -0.2) is 4.98 Å². The Kier molecular flexibility index (Phi) is 5.60. The van der Waals surface area contributed by atoms with Gasteiger partial charge in [0.15, 0.2) is 0 Å². The van der Waals surface area contributed by atoms with E-state index in [1.807, 2.05) is 53.9 Å². The number of nitrogens with one attached hydrogen (secondary N) is 1. The molecule has 1 amide bonds. The Bertz CT molecular complexity index is 1140. The number of hydrogen-bond acceptors (Lipinski definition) is 4. The maximum absolute atomic E-state index is 12.5. The van der Waals surface area contributed by atoms with Gasteiger partial charge in [0.05, 0.1) is 12.8 Å². The van der Waals surface area contributed by atoms with Crippen molar-refractivity contribution < 1.29 is 9.53 Å². The zero-order valence-corrected chi connectivity index (χ0v) is 17.1. The topological polar surface area (TPSA) is 51.2 Å². The fourth-order valence-electron chi connectivity index (χ4n) is 2.83. The number of carbonyl (C=O) groups is 1. The second-order valence-corrected chi connectivity index (χ2v) is 7.60. The molecule has 144 valence electrons. The molecule has 1 N–H and O–H groups in total. The quantitative estimate of drug-likeness (QED) is 0.407. The van der Waals surface area contributed by atoms with Gasteiger partial charge in [0, 0.05) is 32.8 Å². The van der Waals surface area contributed by atoms with Crippen LogP contribution in [-0.2, 0) is 0 Å². The van der Waals surface area contributed by atoms with Crippen LogP contribution >= 0.6 is 22.9 Å². The number of halogens is 1. The highest BCUT2D eigenvalue weighted by Gasteiger charge is 2.10. The Morgan fingerprint density at radius 1 is 1.00 bits per heavy atom. The zero-order valence-electron chi connectivity index (χ0n) is 15.6. The monoisotopic (exact) mass is 420 g/mol. The summed E-state index contributed by atoms with van der Waals surface area (Å²) in [6.45, 7) is 0. The molecule has 29 heavy (non-hydrogen) atoms. The number of amides is 1. The van der Waals surface area contributed by atoms with Gasteiger partial charge in [0.1, 0.15) is 10.8 Å². The van der Waals surface area contributed by atoms with Crippen LogP contribution in [0.4, 0.5) is 5.69 Å². The standard InChI is InChI=1S/C23H17ClN2O2S/c1-28-20-11-7-15(8-12-20)22(27)25-19-4-2-3-17(13-19)21-14-29-23(26-21)16-5-9-18(24)10-6-16/h2-14H,1H3,(H,25,27). The van der Waals surface area contributed by atoms with Crippen LogP contribution in [0.25, 0.3) is 21.8 Å². The molecule has 4 rings (SSSR count). The molecule has 0 aliphatic carbocycles. The first-order valence-corrected chi connectivity index (χ1v) is 10.2. The summed E-state index contributed by atoms with van der Waals surface area (Å²) in [7, 11) is 1.59. The van der Waals surface area contributed by atoms with Crippen molar-refractivity contribution in [3.8, 4) is 27.6 Å². The van der Waals surface area contributed by atoms with Gasteiger partial charge < -0.3 is 10.1 Å². The molecule has 0 aliphatic rings. The van der Waals surface area contributed by atoms with Crippen molar-refractivity contribution in [2.75, 3.05) is 12.4 Å². The molecule has 0 aliphatic heterocycles. The molecule has 6 heteroatoms. The minimum absolute atomic E-state index is 0.176. The maximum atomic E-state index is 12.5. The Hall–Kier alpha value is -3.15. The lowest BCUT2D eigenvalue weighted by Crippen LogP contribution is -2.11. The number of ether oxygens (including phenoxy) is 1. The molecule has 0 bridgehead atoms. The van der Waals surface area contributed by atoms with E-state index in [1.165, 1.54) is 0 Å². The molecular formula is C23H17ClN2O2S. The second-order valence-electron chi connectivity index (χ2n) is 6.31. The summed E-state index contributed by atoms with van der Waals surface area (Å²) < 4.78 is 5.13. The number of anilines is 1. The van der Waals surface area contributed by atoms with Crippen molar-refractivity contribution in [3.05, 3.63) is 88.8 Å². The SMILES string of the molecule is COc1ccc(C(=O)Nc2cccc(-c3csc(-c4ccc(Cl)cc4)n3)c2)cc1. The predicted molar refractivity (Wildman–Crippen MR) is 119 cm³/mol. The molecule has 0 fully saturated rings. The van der Waals surface area contributed by atoms with Crippen LogP contribution in [0.5, 0.6) is 5.75 Å². The summed E-state index contributed by atoms with van der Waals surface area (Å²) >= 11 is 7.53. The highest BCUT2D eigenvalue weighted by atomic mass is 35.5. The average molecular weight is 421 g/mol. The van der Waals surface area contributed by atoms with Gasteiger partial charge in [-0.1, -0.05) is 35.9 Å². The van der Waals surface area contributed by atoms with E-state index in [-0.39, 0.29) is 5.91 Å². The molecule has 0 atom stereocenters. The van der Waals surface area contributed by atoms with Crippen molar-refractivity contribution in [2.24, 2.45) is 0 Å². The number of hydrogen-bond donors (Lipinski definition) is 1. The minimum atomic E-state index is -0.176. The average Bonchev–Trinajstić information content (AvgIpc) is 3.25. The summed E-state index contributed by atoms with van der Waals surface area (Å²) in [5.41, 5.74) is 4.10. The number of carbonyl (C=O) groups excluding carboxylic acids is 1. The summed E-state index contributed by atoms with van der Waals surface area (Å²) in [5, 5.41) is 6.56. The Balaban J connectivity index is 1.52. The van der Waals surface area contributed by atoms with Crippen molar-refractivity contribution in [1.29, 1.82) is 0 Å². The molecule has 0 saturated heterocycles. The molecular weight excluding hydrogens is 404 g/mol. The molecule has 3 aromatic carbocycles. The number of nitrogens with zero attached hydrogens (tertiary/aromatic N) is 1. The molecule has 4 aromatic rings. The smallest absolute Gasteiger partial charge is 0.255 e. The molecule has 4 nitrogen and oxygen atoms in total. The third kappa shape index (κ3) is 4.47. The molecule has 1 heterocycles. The fraction of sp³-hybridized carbons (Fsp3) is 0.0435. The Labute approximate surface area is 177 Å². The van der Waals surface area contributed by atoms with Gasteiger partial charge in [-0.3, -0.25) is 4.79 Å². The first kappa shape index (κ1) is 19.2. The lowest BCUT2D eigenvalue weighted by atomic mass is 10.1. The first-order valence-electron chi connectivity index (χ1n) is 8.90. The van der Waals surface area contributed by atoms with Crippen LogP contribution in [0.1, 0.15) is 10.4 Å². The predicted octanol–water partition coefficient (Wildman–Crippen LogP) is 6.39. The summed E-state index contributed by atoms with van der Waals surface area (Å²) in [6.07, 6.45) is 0. The van der Waals surface area contributed by atoms with Gasteiger partial charge >= 0.3 is 0 Å². The van der Waals surface area contributed by atoms with Crippen molar-refractivity contribution in [2.45, 2.75) is 0 Å². The molecule has 1 aromatic heterocycles. The molecule has 0 radical (unpaired) electrons. The van der Waals surface area contributed by atoms with Crippen LogP contribution in [0.15, 0.2) is 78.2 Å². The summed E-state index contributed by atoms with van der Waals surface area (Å²) in [4.78, 5) is 17.2. The summed E-state index contributed by atoms with van der Waals surface area (Å²) in [6, 6.07) is 22.3. The van der Waals surface area contributed by atoms with E-state index in [4.69, 9.17) is 21.3 Å². The number of methoxy groups -OCH3 is 1. The third-order valence-electron chi connectivity index (χ3n) is 4.36. The van der Waals surface area contributed by atoms with Gasteiger partial charge in [-0.2, -0.15) is 0 Å². The number of benzene rings is 3. The first-order chi connectivity index (χ1) is 14.1. The summed E-state index contributed by atoms with van der Waals surface area (Å²) in [5.74, 6) is 0.536. The number of thiazole rings is 1. The van der Waals surface area contributed by atoms with Gasteiger partial charge in [-0.05, 0) is 48.5 Å². The van der Waals surface area contributed by atoms with Crippen LogP contribution in [0, 0.1) is 0 Å². The molecule has 0 spiro atoms. The minimum Gasteiger partial charge on any atom is -0.497 e. The van der Waals surface area contributed by atoms with E-state index in [0.717, 1.165) is 21.8 Å². The highest BCUT2D eigenvalue weighted by molar-refractivity contribution is 7.13. The maximum Gasteiger partial charge on any atom is 0.255 e. The number of aromatic nitrogens is 1. The van der Waals surface area contributed by atoms with Gasteiger partial charge in [0.2, 0.25) is 0 Å². The lowest BCUT2D eigenvalue weighted by Gasteiger charge is -2.07. The van der Waals surface area contributed by atoms with Crippen LogP contribution < -0.4 is 10.1 Å². The van der Waals surface area contributed by atoms with Crippen molar-refractivity contribution >= 4 is 34.5 Å². The number of rotatable bonds is 5.